The summed E-state index contributed by atoms with van der Waals surface area (Å²) >= 11 is 0. The fraction of sp³-hybridized carbons (Fsp3) is 0.800. The van der Waals surface area contributed by atoms with Crippen LogP contribution >= 0.6 is 0 Å². The van der Waals surface area contributed by atoms with E-state index in [9.17, 15) is 10.3 Å². The number of aliphatic hydroxyl groups excluding tert-OH is 1. The van der Waals surface area contributed by atoms with Crippen LogP contribution in [0.25, 0.3) is 0 Å². The summed E-state index contributed by atoms with van der Waals surface area (Å²) < 4.78 is 0. The summed E-state index contributed by atoms with van der Waals surface area (Å²) in [7, 11) is 0. The van der Waals surface area contributed by atoms with Crippen molar-refractivity contribution in [2.24, 2.45) is 27.4 Å². The van der Waals surface area contributed by atoms with Crippen LogP contribution in [0, 0.1) is 5.92 Å². The van der Waals surface area contributed by atoms with E-state index in [2.05, 4.69) is 9.98 Å². The van der Waals surface area contributed by atoms with Crippen LogP contribution in [0.4, 0.5) is 0 Å². The molecule has 3 aliphatic rings. The Morgan fingerprint density at radius 2 is 2.11 bits per heavy atom. The predicted octanol–water partition coefficient (Wildman–Crippen LogP) is -1.90. The van der Waals surface area contributed by atoms with Crippen LogP contribution in [0.5, 0.6) is 0 Å². The Morgan fingerprint density at radius 3 is 2.78 bits per heavy atom. The summed E-state index contributed by atoms with van der Waals surface area (Å²) in [5, 5.41) is 20.7. The molecule has 1 fully saturated rings. The number of aliphatic hydroxyl groups is 1. The number of hydrogen-bond acceptors (Lipinski definition) is 8. The van der Waals surface area contributed by atoms with Gasteiger partial charge in [0.15, 0.2) is 11.6 Å². The van der Waals surface area contributed by atoms with Gasteiger partial charge in [-0.3, -0.25) is 5.21 Å². The Bertz CT molecular complexity index is 438. The maximum Gasteiger partial charge on any atom is 0.218 e. The predicted molar refractivity (Wildman–Crippen MR) is 64.8 cm³/mol. The van der Waals surface area contributed by atoms with Gasteiger partial charge in [0, 0.05) is 12.5 Å². The summed E-state index contributed by atoms with van der Waals surface area (Å²) in [6, 6.07) is -0.852. The SMILES string of the molecule is CC1CCN2C(N)=NC(CO)C3N=C(N)N(O)C132. The first-order valence-electron chi connectivity index (χ1n) is 6.07. The number of aliphatic imine (C=N–C) groups is 2. The van der Waals surface area contributed by atoms with Crippen LogP contribution in [0.3, 0.4) is 0 Å². The second-order valence-electron chi connectivity index (χ2n) is 5.11. The zero-order chi connectivity index (χ0) is 13.1. The molecule has 8 heteroatoms. The molecule has 4 atom stereocenters. The summed E-state index contributed by atoms with van der Waals surface area (Å²) in [5.41, 5.74) is 10.9. The van der Waals surface area contributed by atoms with E-state index < -0.39 is 17.7 Å². The van der Waals surface area contributed by atoms with Crippen molar-refractivity contribution < 1.29 is 10.3 Å². The first-order valence-corrected chi connectivity index (χ1v) is 6.07. The van der Waals surface area contributed by atoms with E-state index >= 15 is 0 Å². The number of nitrogens with two attached hydrogens (primary N) is 2. The van der Waals surface area contributed by atoms with E-state index in [4.69, 9.17) is 11.5 Å². The molecule has 1 spiro atoms. The summed E-state index contributed by atoms with van der Waals surface area (Å²) in [6.07, 6.45) is 0.866. The highest BCUT2D eigenvalue weighted by molar-refractivity contribution is 5.86. The Morgan fingerprint density at radius 1 is 1.39 bits per heavy atom. The molecular weight excluding hydrogens is 236 g/mol. The highest BCUT2D eigenvalue weighted by Crippen LogP contribution is 2.46. The van der Waals surface area contributed by atoms with E-state index in [-0.39, 0.29) is 18.5 Å². The molecule has 0 radical (unpaired) electrons. The highest BCUT2D eigenvalue weighted by atomic mass is 16.5. The molecule has 18 heavy (non-hydrogen) atoms. The third-order valence-corrected chi connectivity index (χ3v) is 4.33. The number of nitrogens with zero attached hydrogens (tertiary/aromatic N) is 4. The van der Waals surface area contributed by atoms with Gasteiger partial charge in [-0.1, -0.05) is 6.92 Å². The van der Waals surface area contributed by atoms with Crippen molar-refractivity contribution in [2.75, 3.05) is 13.2 Å². The zero-order valence-electron chi connectivity index (χ0n) is 10.2. The van der Waals surface area contributed by atoms with Crippen molar-refractivity contribution in [3.63, 3.8) is 0 Å². The molecule has 4 unspecified atom stereocenters. The summed E-state index contributed by atoms with van der Waals surface area (Å²) in [6.45, 7) is 2.56. The van der Waals surface area contributed by atoms with Gasteiger partial charge < -0.3 is 21.5 Å². The second-order valence-corrected chi connectivity index (χ2v) is 5.11. The van der Waals surface area contributed by atoms with Crippen molar-refractivity contribution in [1.29, 1.82) is 0 Å². The number of hydroxylamine groups is 2. The van der Waals surface area contributed by atoms with Crippen molar-refractivity contribution in [3.8, 4) is 0 Å². The first kappa shape index (κ1) is 11.5. The first-order chi connectivity index (χ1) is 8.53. The minimum Gasteiger partial charge on any atom is -0.394 e. The lowest BCUT2D eigenvalue weighted by Gasteiger charge is -2.49. The molecule has 3 aliphatic heterocycles. The van der Waals surface area contributed by atoms with Crippen molar-refractivity contribution in [3.05, 3.63) is 0 Å². The van der Waals surface area contributed by atoms with Gasteiger partial charge in [0.25, 0.3) is 0 Å². The average Bonchev–Trinajstić information content (AvgIpc) is 2.82. The van der Waals surface area contributed by atoms with Gasteiger partial charge in [-0.25, -0.2) is 9.98 Å². The van der Waals surface area contributed by atoms with Gasteiger partial charge in [0.2, 0.25) is 5.96 Å². The minimum absolute atomic E-state index is 0.0575. The van der Waals surface area contributed by atoms with Crippen LogP contribution in [-0.4, -0.2) is 63.1 Å². The van der Waals surface area contributed by atoms with Gasteiger partial charge in [0.05, 0.1) is 6.61 Å². The van der Waals surface area contributed by atoms with Gasteiger partial charge >= 0.3 is 0 Å². The molecule has 0 aromatic heterocycles. The lowest BCUT2D eigenvalue weighted by molar-refractivity contribution is -0.167. The Hall–Kier alpha value is -1.54. The molecular formula is C10H18N6O2. The smallest absolute Gasteiger partial charge is 0.218 e. The molecule has 0 aromatic rings. The standard InChI is InChI=1S/C10H18N6O2/c1-5-2-3-15-8(11)13-6(4-17)7-10(5,15)16(18)9(12)14-7/h5-7,17-18H,2-4H2,1H3,(H2,11,13)(H2,12,14). The molecule has 0 saturated carbocycles. The third-order valence-electron chi connectivity index (χ3n) is 4.33. The molecule has 0 aliphatic carbocycles. The normalized spacial score (nSPS) is 42.5. The molecule has 3 heterocycles. The van der Waals surface area contributed by atoms with Crippen molar-refractivity contribution in [1.82, 2.24) is 9.96 Å². The van der Waals surface area contributed by atoms with Crippen molar-refractivity contribution in [2.45, 2.75) is 31.1 Å². The van der Waals surface area contributed by atoms with E-state index in [0.717, 1.165) is 11.5 Å². The number of hydrogen-bond donors (Lipinski definition) is 4. The molecule has 100 valence electrons. The summed E-state index contributed by atoms with van der Waals surface area (Å²) in [5.74, 6) is 0.515. The molecule has 0 amide bonds. The van der Waals surface area contributed by atoms with Crippen LogP contribution in [0.15, 0.2) is 9.98 Å². The number of guanidine groups is 2. The van der Waals surface area contributed by atoms with Crippen LogP contribution < -0.4 is 11.5 Å². The van der Waals surface area contributed by atoms with Crippen LogP contribution in [0.2, 0.25) is 0 Å². The highest BCUT2D eigenvalue weighted by Gasteiger charge is 2.64. The van der Waals surface area contributed by atoms with Crippen molar-refractivity contribution >= 4 is 11.9 Å². The maximum absolute atomic E-state index is 10.3. The average molecular weight is 254 g/mol. The quantitative estimate of drug-likeness (QED) is 0.433. The van der Waals surface area contributed by atoms with E-state index in [1.165, 1.54) is 0 Å². The molecule has 3 rings (SSSR count). The molecule has 0 aromatic carbocycles. The molecule has 0 bridgehead atoms. The molecule has 6 N–H and O–H groups in total. The fourth-order valence-corrected chi connectivity index (χ4v) is 3.47. The Labute approximate surface area is 105 Å². The van der Waals surface area contributed by atoms with E-state index in [1.54, 1.807) is 0 Å². The lowest BCUT2D eigenvalue weighted by Crippen LogP contribution is -2.71. The molecule has 1 saturated heterocycles. The third kappa shape index (κ3) is 1.07. The monoisotopic (exact) mass is 254 g/mol. The van der Waals surface area contributed by atoms with Gasteiger partial charge in [-0.2, -0.15) is 5.06 Å². The number of rotatable bonds is 1. The minimum atomic E-state index is -0.788. The Balaban J connectivity index is 2.15. The van der Waals surface area contributed by atoms with Crippen LogP contribution in [-0.2, 0) is 0 Å². The van der Waals surface area contributed by atoms with Gasteiger partial charge in [0.1, 0.15) is 12.1 Å². The largest absolute Gasteiger partial charge is 0.394 e. The second kappa shape index (κ2) is 3.48. The lowest BCUT2D eigenvalue weighted by atomic mass is 9.84. The van der Waals surface area contributed by atoms with Crippen LogP contribution in [0.1, 0.15) is 13.3 Å². The van der Waals surface area contributed by atoms with E-state index in [0.29, 0.717) is 12.5 Å². The fourth-order valence-electron chi connectivity index (χ4n) is 3.47. The van der Waals surface area contributed by atoms with Gasteiger partial charge in [-0.15, -0.1) is 0 Å². The Kier molecular flexibility index (Phi) is 2.23. The topological polar surface area (TPSA) is 124 Å². The summed E-state index contributed by atoms with van der Waals surface area (Å²) in [4.78, 5) is 10.4. The zero-order valence-corrected chi connectivity index (χ0v) is 10.2. The van der Waals surface area contributed by atoms with Gasteiger partial charge in [-0.05, 0) is 6.42 Å². The molecule has 8 nitrogen and oxygen atoms in total. The maximum atomic E-state index is 10.3. The van der Waals surface area contributed by atoms with E-state index in [1.807, 2.05) is 11.8 Å².